The average molecular weight is 469 g/mol. The molecule has 31 heavy (non-hydrogen) atoms. The lowest BCUT2D eigenvalue weighted by atomic mass is 9.99. The number of hydrogen-bond donors (Lipinski definition) is 0. The minimum Gasteiger partial charge on any atom is -0.468 e. The van der Waals surface area contributed by atoms with Crippen molar-refractivity contribution >= 4 is 21.7 Å². The fourth-order valence-corrected chi connectivity index (χ4v) is 3.45. The number of nitrogens with zero attached hydrogens (tertiary/aromatic N) is 2. The van der Waals surface area contributed by atoms with E-state index in [1.165, 1.54) is 0 Å². The second-order valence-corrected chi connectivity index (χ2v) is 7.71. The molecule has 0 aliphatic carbocycles. The van der Waals surface area contributed by atoms with Gasteiger partial charge in [-0.1, -0.05) is 88.7 Å². The van der Waals surface area contributed by atoms with Crippen LogP contribution >= 0.6 is 15.9 Å². The molecule has 0 aliphatic rings. The second kappa shape index (κ2) is 9.38. The summed E-state index contributed by atoms with van der Waals surface area (Å²) >= 11 is 3.36. The third-order valence-electron chi connectivity index (χ3n) is 4.76. The fraction of sp³-hybridized carbons (Fsp3) is 0.0385. The summed E-state index contributed by atoms with van der Waals surface area (Å²) in [6.45, 7) is -0.213. The van der Waals surface area contributed by atoms with Crippen LogP contribution in [0.25, 0.3) is 22.4 Å². The Hall–Kier alpha value is -3.75. The fourth-order valence-electron chi connectivity index (χ4n) is 3.19. The van der Waals surface area contributed by atoms with Gasteiger partial charge in [-0.15, -0.1) is 0 Å². The Balaban J connectivity index is 1.74. The minimum atomic E-state index is -0.213. The number of Topliss-reactive ketones (excluding diaryl/α,β-unsaturated/α-hetero) is 1. The van der Waals surface area contributed by atoms with Crippen LogP contribution in [0.5, 0.6) is 5.88 Å². The van der Waals surface area contributed by atoms with Gasteiger partial charge >= 0.3 is 0 Å². The maximum atomic E-state index is 12.6. The molecule has 0 saturated carbocycles. The number of rotatable bonds is 6. The van der Waals surface area contributed by atoms with E-state index in [2.05, 4.69) is 27.0 Å². The van der Waals surface area contributed by atoms with E-state index >= 15 is 0 Å². The lowest BCUT2D eigenvalue weighted by Gasteiger charge is -2.13. The number of ketones is 1. The van der Waals surface area contributed by atoms with E-state index in [0.717, 1.165) is 15.6 Å². The van der Waals surface area contributed by atoms with Gasteiger partial charge in [0.1, 0.15) is 11.6 Å². The van der Waals surface area contributed by atoms with Crippen molar-refractivity contribution < 1.29 is 9.53 Å². The van der Waals surface area contributed by atoms with Gasteiger partial charge in [-0.05, 0) is 23.8 Å². The van der Waals surface area contributed by atoms with Crippen LogP contribution in [0.2, 0.25) is 0 Å². The lowest BCUT2D eigenvalue weighted by Crippen LogP contribution is -2.13. The van der Waals surface area contributed by atoms with Gasteiger partial charge in [0.05, 0.1) is 5.69 Å². The molecule has 0 radical (unpaired) electrons. The molecule has 3 aromatic carbocycles. The molecule has 0 spiro atoms. The Labute approximate surface area is 188 Å². The first-order valence-electron chi connectivity index (χ1n) is 9.63. The molecule has 0 fully saturated rings. The summed E-state index contributed by atoms with van der Waals surface area (Å²) in [6.07, 6.45) is 0. The minimum absolute atomic E-state index is 0.146. The Morgan fingerprint density at radius 3 is 2.13 bits per heavy atom. The summed E-state index contributed by atoms with van der Waals surface area (Å²) in [4.78, 5) is 17.2. The summed E-state index contributed by atoms with van der Waals surface area (Å²) in [7, 11) is 0. The van der Waals surface area contributed by atoms with Gasteiger partial charge in [0.25, 0.3) is 0 Å². The van der Waals surface area contributed by atoms with Crippen molar-refractivity contribution in [1.29, 1.82) is 5.26 Å². The van der Waals surface area contributed by atoms with E-state index < -0.39 is 0 Å². The molecule has 1 aromatic heterocycles. The van der Waals surface area contributed by atoms with Crippen LogP contribution in [0.1, 0.15) is 15.9 Å². The van der Waals surface area contributed by atoms with Crippen molar-refractivity contribution in [2.24, 2.45) is 0 Å². The molecule has 0 atom stereocenters. The normalized spacial score (nSPS) is 10.3. The zero-order valence-corrected chi connectivity index (χ0v) is 18.0. The predicted molar refractivity (Wildman–Crippen MR) is 124 cm³/mol. The molecule has 0 aliphatic heterocycles. The summed E-state index contributed by atoms with van der Waals surface area (Å²) in [5, 5.41) is 9.87. The highest BCUT2D eigenvalue weighted by molar-refractivity contribution is 9.10. The van der Waals surface area contributed by atoms with Gasteiger partial charge in [0.15, 0.2) is 12.4 Å². The van der Waals surface area contributed by atoms with Gasteiger partial charge < -0.3 is 4.74 Å². The monoisotopic (exact) mass is 468 g/mol. The summed E-state index contributed by atoms with van der Waals surface area (Å²) in [6, 6.07) is 30.4. The van der Waals surface area contributed by atoms with Crippen LogP contribution < -0.4 is 4.74 Å². The molecule has 4 nitrogen and oxygen atoms in total. The number of benzene rings is 3. The van der Waals surface area contributed by atoms with Crippen molar-refractivity contribution in [2.75, 3.05) is 6.61 Å². The van der Waals surface area contributed by atoms with Gasteiger partial charge in [0, 0.05) is 21.2 Å². The van der Waals surface area contributed by atoms with E-state index in [-0.39, 0.29) is 18.3 Å². The second-order valence-electron chi connectivity index (χ2n) is 6.80. The molecule has 4 aromatic rings. The van der Waals surface area contributed by atoms with Crippen molar-refractivity contribution in [2.45, 2.75) is 0 Å². The van der Waals surface area contributed by atoms with Crippen molar-refractivity contribution in [1.82, 2.24) is 4.98 Å². The van der Waals surface area contributed by atoms with Crippen molar-refractivity contribution in [3.05, 3.63) is 107 Å². The van der Waals surface area contributed by atoms with E-state index in [9.17, 15) is 10.1 Å². The van der Waals surface area contributed by atoms with E-state index in [0.29, 0.717) is 22.4 Å². The molecule has 0 unspecified atom stereocenters. The van der Waals surface area contributed by atoms with Crippen LogP contribution in [0, 0.1) is 11.3 Å². The number of hydrogen-bond acceptors (Lipinski definition) is 4. The first-order valence-corrected chi connectivity index (χ1v) is 10.4. The van der Waals surface area contributed by atoms with E-state index in [1.54, 1.807) is 24.3 Å². The molecule has 0 saturated heterocycles. The van der Waals surface area contributed by atoms with Crippen LogP contribution in [-0.2, 0) is 0 Å². The summed E-state index contributed by atoms with van der Waals surface area (Å²) in [5.74, 6) is -0.0438. The van der Waals surface area contributed by atoms with Crippen LogP contribution in [0.15, 0.2) is 95.5 Å². The number of halogens is 1. The van der Waals surface area contributed by atoms with Crippen molar-refractivity contribution in [3.63, 3.8) is 0 Å². The highest BCUT2D eigenvalue weighted by Crippen LogP contribution is 2.33. The highest BCUT2D eigenvalue weighted by atomic mass is 79.9. The number of nitriles is 1. The SMILES string of the molecule is N#Cc1c(-c2ccccc2)cc(-c2ccccc2)nc1OCC(=O)c1ccc(Br)cc1. The van der Waals surface area contributed by atoms with Gasteiger partial charge in [-0.2, -0.15) is 5.26 Å². The van der Waals surface area contributed by atoms with Crippen LogP contribution in [0.3, 0.4) is 0 Å². The van der Waals surface area contributed by atoms with Crippen LogP contribution in [0.4, 0.5) is 0 Å². The molecule has 0 N–H and O–H groups in total. The quantitative estimate of drug-likeness (QED) is 0.311. The Kier molecular flexibility index (Phi) is 6.21. The molecule has 0 bridgehead atoms. The highest BCUT2D eigenvalue weighted by Gasteiger charge is 2.18. The molecule has 1 heterocycles. The van der Waals surface area contributed by atoms with E-state index in [1.807, 2.05) is 66.7 Å². The van der Waals surface area contributed by atoms with Gasteiger partial charge in [0.2, 0.25) is 5.88 Å². The Morgan fingerprint density at radius 1 is 0.903 bits per heavy atom. The maximum Gasteiger partial charge on any atom is 0.233 e. The molecular weight excluding hydrogens is 452 g/mol. The predicted octanol–water partition coefficient (Wildman–Crippen LogP) is 6.31. The third kappa shape index (κ3) is 4.71. The molecule has 0 amide bonds. The number of carbonyl (C=O) groups is 1. The maximum absolute atomic E-state index is 12.6. The summed E-state index contributed by atoms with van der Waals surface area (Å²) in [5.41, 5.74) is 3.99. The van der Waals surface area contributed by atoms with E-state index in [4.69, 9.17) is 4.74 Å². The number of pyridine rings is 1. The third-order valence-corrected chi connectivity index (χ3v) is 5.29. The topological polar surface area (TPSA) is 63.0 Å². The summed E-state index contributed by atoms with van der Waals surface area (Å²) < 4.78 is 6.69. The van der Waals surface area contributed by atoms with Gasteiger partial charge in [-0.3, -0.25) is 4.79 Å². The first-order chi connectivity index (χ1) is 15.2. The zero-order chi connectivity index (χ0) is 21.6. The molecular formula is C26H17BrN2O2. The molecule has 4 rings (SSSR count). The number of ether oxygens (including phenoxy) is 1. The van der Waals surface area contributed by atoms with Gasteiger partial charge in [-0.25, -0.2) is 4.98 Å². The lowest BCUT2D eigenvalue weighted by molar-refractivity contribution is 0.0918. The number of carbonyl (C=O) groups excluding carboxylic acids is 1. The molecule has 5 heteroatoms. The smallest absolute Gasteiger partial charge is 0.233 e. The average Bonchev–Trinajstić information content (AvgIpc) is 2.83. The Bertz CT molecular complexity index is 1250. The zero-order valence-electron chi connectivity index (χ0n) is 16.5. The largest absolute Gasteiger partial charge is 0.468 e. The standard InChI is InChI=1S/C26H17BrN2O2/c27-21-13-11-20(12-14-21)25(30)17-31-26-23(16-28)22(18-7-3-1-4-8-18)15-24(29-26)19-9-5-2-6-10-19/h1-15H,17H2. The van der Waals surface area contributed by atoms with Crippen LogP contribution in [-0.4, -0.2) is 17.4 Å². The molecule has 150 valence electrons. The number of aromatic nitrogens is 1. The Morgan fingerprint density at radius 2 is 1.52 bits per heavy atom. The first kappa shape index (κ1) is 20.5. The van der Waals surface area contributed by atoms with Crippen molar-refractivity contribution in [3.8, 4) is 34.3 Å².